The number of para-hydroxylation sites is 3. The number of sulfonamides is 1. The van der Waals surface area contributed by atoms with Crippen molar-refractivity contribution in [3.63, 3.8) is 0 Å². The summed E-state index contributed by atoms with van der Waals surface area (Å²) in [6, 6.07) is 20.0. The predicted octanol–water partition coefficient (Wildman–Crippen LogP) is 2.04. The quantitative estimate of drug-likeness (QED) is 0.554. The maximum absolute atomic E-state index is 13.2. The Bertz CT molecular complexity index is 1370. The maximum Gasteiger partial charge on any atom is 0.283 e. The summed E-state index contributed by atoms with van der Waals surface area (Å²) >= 11 is 0. The zero-order chi connectivity index (χ0) is 23.7. The van der Waals surface area contributed by atoms with E-state index in [9.17, 15) is 18.0 Å². The van der Waals surface area contributed by atoms with E-state index in [-0.39, 0.29) is 17.1 Å². The molecule has 0 saturated heterocycles. The van der Waals surface area contributed by atoms with Crippen LogP contribution in [0.15, 0.2) is 77.7 Å². The van der Waals surface area contributed by atoms with E-state index in [1.165, 1.54) is 28.6 Å². The van der Waals surface area contributed by atoms with E-state index in [1.807, 2.05) is 12.1 Å². The lowest BCUT2D eigenvalue weighted by Gasteiger charge is -2.25. The van der Waals surface area contributed by atoms with Crippen LogP contribution >= 0.6 is 0 Å². The molecule has 1 atom stereocenters. The number of hydrogen-bond acceptors (Lipinski definition) is 6. The molecule has 2 heterocycles. The lowest BCUT2D eigenvalue weighted by atomic mass is 10.2. The largest absolute Gasteiger partial charge is 0.485 e. The lowest BCUT2D eigenvalue weighted by Crippen LogP contribution is -2.50. The number of nitrogens with one attached hydrogen (secondary N) is 2. The van der Waals surface area contributed by atoms with Crippen LogP contribution in [-0.2, 0) is 21.2 Å². The van der Waals surface area contributed by atoms with Crippen molar-refractivity contribution in [3.8, 4) is 11.5 Å². The molecule has 10 heteroatoms. The Morgan fingerprint density at radius 3 is 2.53 bits per heavy atom. The number of hydrazine groups is 1. The maximum atomic E-state index is 13.2. The number of anilines is 1. The van der Waals surface area contributed by atoms with Gasteiger partial charge in [0.25, 0.3) is 21.8 Å². The average Bonchev–Trinajstić information content (AvgIpc) is 3.32. The van der Waals surface area contributed by atoms with Gasteiger partial charge in [0.1, 0.15) is 6.61 Å². The molecule has 0 saturated carbocycles. The highest BCUT2D eigenvalue weighted by atomic mass is 32.2. The zero-order valence-electron chi connectivity index (χ0n) is 17.9. The van der Waals surface area contributed by atoms with Gasteiger partial charge in [-0.25, -0.2) is 8.42 Å². The van der Waals surface area contributed by atoms with Crippen LogP contribution in [0.4, 0.5) is 5.69 Å². The summed E-state index contributed by atoms with van der Waals surface area (Å²) in [7, 11) is -3.86. The first-order chi connectivity index (χ1) is 16.4. The van der Waals surface area contributed by atoms with E-state index in [0.717, 1.165) is 5.56 Å². The molecular formula is C24H21N3O6S. The molecule has 0 unspecified atom stereocenters. The number of ether oxygens (including phenoxy) is 2. The summed E-state index contributed by atoms with van der Waals surface area (Å²) in [6.07, 6.45) is -0.323. The van der Waals surface area contributed by atoms with Crippen molar-refractivity contribution in [2.24, 2.45) is 0 Å². The minimum absolute atomic E-state index is 0.0102. The van der Waals surface area contributed by atoms with E-state index >= 15 is 0 Å². The minimum atomic E-state index is -3.86. The summed E-state index contributed by atoms with van der Waals surface area (Å²) in [5, 5.41) is 0. The Morgan fingerprint density at radius 1 is 0.912 bits per heavy atom. The van der Waals surface area contributed by atoms with Crippen LogP contribution in [0.2, 0.25) is 0 Å². The number of carbonyl (C=O) groups is 2. The topological polar surface area (TPSA) is 114 Å². The van der Waals surface area contributed by atoms with Crippen molar-refractivity contribution >= 4 is 27.5 Å². The Balaban J connectivity index is 1.26. The molecule has 34 heavy (non-hydrogen) atoms. The summed E-state index contributed by atoms with van der Waals surface area (Å²) in [5.74, 6) is -0.291. The number of carbonyl (C=O) groups excluding carboxylic acids is 2. The van der Waals surface area contributed by atoms with Crippen molar-refractivity contribution in [2.45, 2.75) is 17.4 Å². The second kappa shape index (κ2) is 8.71. The van der Waals surface area contributed by atoms with Crippen molar-refractivity contribution in [3.05, 3.63) is 83.9 Å². The molecule has 174 valence electrons. The number of amides is 2. The summed E-state index contributed by atoms with van der Waals surface area (Å²) in [4.78, 5) is 25.0. The Labute approximate surface area is 196 Å². The van der Waals surface area contributed by atoms with Gasteiger partial charge < -0.3 is 9.47 Å². The fourth-order valence-electron chi connectivity index (χ4n) is 3.90. The van der Waals surface area contributed by atoms with Crippen molar-refractivity contribution in [2.75, 3.05) is 17.5 Å². The number of nitrogens with zero attached hydrogens (tertiary/aromatic N) is 1. The van der Waals surface area contributed by atoms with Gasteiger partial charge in [-0.1, -0.05) is 36.4 Å². The van der Waals surface area contributed by atoms with E-state index < -0.39 is 27.9 Å². The van der Waals surface area contributed by atoms with Crippen molar-refractivity contribution < 1.29 is 27.5 Å². The second-order valence-corrected chi connectivity index (χ2v) is 9.65. The molecule has 2 amide bonds. The Morgan fingerprint density at radius 2 is 1.68 bits per heavy atom. The van der Waals surface area contributed by atoms with E-state index in [2.05, 4.69) is 10.9 Å². The zero-order valence-corrected chi connectivity index (χ0v) is 18.7. The highest BCUT2D eigenvalue weighted by Crippen LogP contribution is 2.33. The summed E-state index contributed by atoms with van der Waals surface area (Å²) in [5.41, 5.74) is 6.29. The van der Waals surface area contributed by atoms with Crippen LogP contribution in [-0.4, -0.2) is 39.5 Å². The Kier molecular flexibility index (Phi) is 5.58. The monoisotopic (exact) mass is 479 g/mol. The summed E-state index contributed by atoms with van der Waals surface area (Å²) < 4.78 is 38.9. The van der Waals surface area contributed by atoms with Crippen LogP contribution in [0.25, 0.3) is 0 Å². The molecule has 0 spiro atoms. The fourth-order valence-corrected chi connectivity index (χ4v) is 5.45. The molecule has 3 aromatic carbocycles. The van der Waals surface area contributed by atoms with Crippen molar-refractivity contribution in [1.82, 2.24) is 10.9 Å². The molecule has 0 aliphatic carbocycles. The Hall–Kier alpha value is -4.05. The molecule has 5 rings (SSSR count). The normalized spacial score (nSPS) is 16.5. The van der Waals surface area contributed by atoms with Gasteiger partial charge in [0, 0.05) is 12.1 Å². The van der Waals surface area contributed by atoms with Crippen LogP contribution in [0.1, 0.15) is 15.9 Å². The average molecular weight is 480 g/mol. The molecule has 0 aromatic heterocycles. The van der Waals surface area contributed by atoms with Crippen LogP contribution < -0.4 is 24.6 Å². The van der Waals surface area contributed by atoms with E-state index in [0.29, 0.717) is 30.2 Å². The molecule has 2 N–H and O–H groups in total. The van der Waals surface area contributed by atoms with Gasteiger partial charge in [0.15, 0.2) is 11.5 Å². The fraction of sp³-hybridized carbons (Fsp3) is 0.167. The van der Waals surface area contributed by atoms with Gasteiger partial charge in [-0.3, -0.25) is 24.7 Å². The van der Waals surface area contributed by atoms with Gasteiger partial charge in [-0.2, -0.15) is 0 Å². The molecule has 0 radical (unpaired) electrons. The molecule has 9 nitrogen and oxygen atoms in total. The molecule has 0 bridgehead atoms. The van der Waals surface area contributed by atoms with E-state index in [1.54, 1.807) is 36.4 Å². The first-order valence-corrected chi connectivity index (χ1v) is 12.1. The van der Waals surface area contributed by atoms with Crippen molar-refractivity contribution in [1.29, 1.82) is 0 Å². The minimum Gasteiger partial charge on any atom is -0.485 e. The van der Waals surface area contributed by atoms with Gasteiger partial charge >= 0.3 is 0 Å². The van der Waals surface area contributed by atoms with Crippen LogP contribution in [0, 0.1) is 0 Å². The van der Waals surface area contributed by atoms with Crippen LogP contribution in [0.5, 0.6) is 11.5 Å². The number of benzene rings is 3. The number of rotatable bonds is 4. The highest BCUT2D eigenvalue weighted by molar-refractivity contribution is 7.92. The first kappa shape index (κ1) is 21.8. The number of fused-ring (bicyclic) bond motifs is 2. The SMILES string of the molecule is O=C(NNC(=O)[C@H]1COc2ccccc2O1)c1cccc(S(=O)(=O)N2CCc3ccccc32)c1. The molecule has 3 aromatic rings. The van der Waals surface area contributed by atoms with Gasteiger partial charge in [0.2, 0.25) is 6.10 Å². The van der Waals surface area contributed by atoms with Crippen LogP contribution in [0.3, 0.4) is 0 Å². The highest BCUT2D eigenvalue weighted by Gasteiger charge is 2.31. The van der Waals surface area contributed by atoms with E-state index in [4.69, 9.17) is 9.47 Å². The first-order valence-electron chi connectivity index (χ1n) is 10.6. The molecular weight excluding hydrogens is 458 g/mol. The van der Waals surface area contributed by atoms with Gasteiger partial charge in [-0.15, -0.1) is 0 Å². The summed E-state index contributed by atoms with van der Waals surface area (Å²) in [6.45, 7) is 0.324. The number of hydrogen-bond donors (Lipinski definition) is 2. The predicted molar refractivity (Wildman–Crippen MR) is 123 cm³/mol. The molecule has 0 fully saturated rings. The smallest absolute Gasteiger partial charge is 0.283 e. The molecule has 2 aliphatic rings. The third kappa shape index (κ3) is 4.03. The lowest BCUT2D eigenvalue weighted by molar-refractivity contribution is -0.131. The third-order valence-electron chi connectivity index (χ3n) is 5.63. The van der Waals surface area contributed by atoms with Gasteiger partial charge in [0.05, 0.1) is 10.6 Å². The van der Waals surface area contributed by atoms with Gasteiger partial charge in [-0.05, 0) is 48.4 Å². The standard InChI is InChI=1S/C24H21N3O6S/c28-23(25-26-24(29)22-15-32-20-10-3-4-11-21(20)33-22)17-7-5-8-18(14-17)34(30,31)27-13-12-16-6-1-2-9-19(16)27/h1-11,14,22H,12-13,15H2,(H,25,28)(H,26,29)/t22-/m1/s1. The second-order valence-electron chi connectivity index (χ2n) is 7.79. The molecule has 2 aliphatic heterocycles. The third-order valence-corrected chi connectivity index (χ3v) is 7.44.